The second-order valence-electron chi connectivity index (χ2n) is 7.58. The smallest absolute Gasteiger partial charge is 0.223 e. The Bertz CT molecular complexity index is 543. The van der Waals surface area contributed by atoms with Crippen LogP contribution in [0.5, 0.6) is 0 Å². The summed E-state index contributed by atoms with van der Waals surface area (Å²) in [6, 6.07) is 8.40. The number of likely N-dealkylation sites (tertiary alicyclic amines) is 1. The minimum Gasteiger partial charge on any atom is -0.375 e. The number of carbonyl (C=O) groups excluding carboxylic acids is 1. The van der Waals surface area contributed by atoms with Gasteiger partial charge in [0.25, 0.3) is 0 Å². The van der Waals surface area contributed by atoms with Crippen LogP contribution in [0.3, 0.4) is 0 Å². The monoisotopic (exact) mass is 329 g/mol. The standard InChI is InChI=1S/C21H31NO2/c1-16-7-3-6-10-20(16)17(2)15-21(23)22-13-11-19(12-14-22)24-18-8-4-5-9-18/h3,6-7,10,17-19H,4-5,8-9,11-15H2,1-2H3/t17-/m0/s1. The lowest BCUT2D eigenvalue weighted by atomic mass is 9.93. The highest BCUT2D eigenvalue weighted by atomic mass is 16.5. The minimum atomic E-state index is 0.283. The van der Waals surface area contributed by atoms with Crippen LogP contribution in [0.1, 0.15) is 68.9 Å². The predicted octanol–water partition coefficient (Wildman–Crippen LogP) is 4.44. The average molecular weight is 329 g/mol. The van der Waals surface area contributed by atoms with Gasteiger partial charge in [-0.3, -0.25) is 4.79 Å². The summed E-state index contributed by atoms with van der Waals surface area (Å²) in [6.07, 6.45) is 8.56. The predicted molar refractivity (Wildman–Crippen MR) is 97.2 cm³/mol. The van der Waals surface area contributed by atoms with Crippen LogP contribution in [0, 0.1) is 6.92 Å². The Morgan fingerprint density at radius 2 is 1.75 bits per heavy atom. The van der Waals surface area contributed by atoms with E-state index in [9.17, 15) is 4.79 Å². The fourth-order valence-corrected chi connectivity index (χ4v) is 4.18. The van der Waals surface area contributed by atoms with Crippen LogP contribution in [0.2, 0.25) is 0 Å². The average Bonchev–Trinajstić information content (AvgIpc) is 3.08. The molecule has 3 rings (SSSR count). The molecule has 1 aliphatic carbocycles. The van der Waals surface area contributed by atoms with E-state index >= 15 is 0 Å². The van der Waals surface area contributed by atoms with E-state index in [2.05, 4.69) is 38.1 Å². The molecule has 2 aliphatic rings. The molecule has 0 bridgehead atoms. The van der Waals surface area contributed by atoms with Crippen molar-refractivity contribution in [3.63, 3.8) is 0 Å². The third-order valence-electron chi connectivity index (χ3n) is 5.68. The molecule has 3 nitrogen and oxygen atoms in total. The van der Waals surface area contributed by atoms with E-state index in [-0.39, 0.29) is 5.92 Å². The third-order valence-corrected chi connectivity index (χ3v) is 5.68. The van der Waals surface area contributed by atoms with Crippen LogP contribution in [-0.2, 0) is 9.53 Å². The molecular formula is C21H31NO2. The largest absolute Gasteiger partial charge is 0.375 e. The van der Waals surface area contributed by atoms with Gasteiger partial charge in [0.05, 0.1) is 12.2 Å². The summed E-state index contributed by atoms with van der Waals surface area (Å²) in [7, 11) is 0. The van der Waals surface area contributed by atoms with Crippen molar-refractivity contribution in [1.82, 2.24) is 4.90 Å². The fraction of sp³-hybridized carbons (Fsp3) is 0.667. The first kappa shape index (κ1) is 17.5. The lowest BCUT2D eigenvalue weighted by Gasteiger charge is -2.34. The topological polar surface area (TPSA) is 29.5 Å². The summed E-state index contributed by atoms with van der Waals surface area (Å²) in [5.74, 6) is 0.580. The number of hydrogen-bond acceptors (Lipinski definition) is 2. The number of aryl methyl sites for hydroxylation is 1. The second kappa shape index (κ2) is 8.15. The molecule has 0 radical (unpaired) electrons. The molecule has 2 fully saturated rings. The molecule has 24 heavy (non-hydrogen) atoms. The normalized spacial score (nSPS) is 21.2. The summed E-state index contributed by atoms with van der Waals surface area (Å²) in [4.78, 5) is 14.7. The molecule has 0 aromatic heterocycles. The molecule has 0 unspecified atom stereocenters. The van der Waals surface area contributed by atoms with Gasteiger partial charge in [0, 0.05) is 19.5 Å². The quantitative estimate of drug-likeness (QED) is 0.799. The zero-order chi connectivity index (χ0) is 16.9. The number of benzene rings is 1. The number of piperidine rings is 1. The maximum atomic E-state index is 12.6. The SMILES string of the molecule is Cc1ccccc1[C@@H](C)CC(=O)N1CCC(OC2CCCC2)CC1. The Kier molecular flexibility index (Phi) is 5.94. The molecule has 1 aromatic carbocycles. The first-order valence-corrected chi connectivity index (χ1v) is 9.62. The number of rotatable bonds is 5. The van der Waals surface area contributed by atoms with E-state index in [0.29, 0.717) is 24.5 Å². The van der Waals surface area contributed by atoms with Gasteiger partial charge in [-0.05, 0) is 49.7 Å². The Hall–Kier alpha value is -1.35. The van der Waals surface area contributed by atoms with Crippen molar-refractivity contribution in [2.24, 2.45) is 0 Å². The molecule has 0 spiro atoms. The molecular weight excluding hydrogens is 298 g/mol. The Morgan fingerprint density at radius 1 is 1.12 bits per heavy atom. The van der Waals surface area contributed by atoms with Gasteiger partial charge in [-0.25, -0.2) is 0 Å². The van der Waals surface area contributed by atoms with E-state index < -0.39 is 0 Å². The molecule has 0 N–H and O–H groups in total. The zero-order valence-electron chi connectivity index (χ0n) is 15.2. The molecule has 132 valence electrons. The maximum absolute atomic E-state index is 12.6. The van der Waals surface area contributed by atoms with Gasteiger partial charge in [-0.2, -0.15) is 0 Å². The molecule has 1 aliphatic heterocycles. The first-order valence-electron chi connectivity index (χ1n) is 9.62. The summed E-state index contributed by atoms with van der Waals surface area (Å²) in [5.41, 5.74) is 2.58. The first-order chi connectivity index (χ1) is 11.6. The van der Waals surface area contributed by atoms with Crippen molar-refractivity contribution >= 4 is 5.91 Å². The third kappa shape index (κ3) is 4.38. The van der Waals surface area contributed by atoms with Crippen LogP contribution in [0.15, 0.2) is 24.3 Å². The summed E-state index contributed by atoms with van der Waals surface area (Å²) in [5, 5.41) is 0. The van der Waals surface area contributed by atoms with Crippen molar-refractivity contribution in [2.45, 2.75) is 76.9 Å². The van der Waals surface area contributed by atoms with E-state index in [4.69, 9.17) is 4.74 Å². The molecule has 1 atom stereocenters. The number of ether oxygens (including phenoxy) is 1. The molecule has 1 saturated heterocycles. The van der Waals surface area contributed by atoms with E-state index in [0.717, 1.165) is 25.9 Å². The van der Waals surface area contributed by atoms with E-state index in [1.165, 1.54) is 36.8 Å². The van der Waals surface area contributed by atoms with Crippen LogP contribution >= 0.6 is 0 Å². The number of hydrogen-bond donors (Lipinski definition) is 0. The zero-order valence-corrected chi connectivity index (χ0v) is 15.2. The van der Waals surface area contributed by atoms with Gasteiger partial charge in [-0.15, -0.1) is 0 Å². The van der Waals surface area contributed by atoms with Gasteiger partial charge in [0.15, 0.2) is 0 Å². The molecule has 1 aromatic rings. The lowest BCUT2D eigenvalue weighted by molar-refractivity contribution is -0.135. The number of nitrogens with zero attached hydrogens (tertiary/aromatic N) is 1. The van der Waals surface area contributed by atoms with Crippen molar-refractivity contribution in [3.05, 3.63) is 35.4 Å². The molecule has 1 amide bonds. The number of amides is 1. The summed E-state index contributed by atoms with van der Waals surface area (Å²) < 4.78 is 6.21. The van der Waals surface area contributed by atoms with Crippen molar-refractivity contribution < 1.29 is 9.53 Å². The van der Waals surface area contributed by atoms with Crippen LogP contribution in [0.25, 0.3) is 0 Å². The van der Waals surface area contributed by atoms with Crippen molar-refractivity contribution in [3.8, 4) is 0 Å². The van der Waals surface area contributed by atoms with Gasteiger partial charge < -0.3 is 9.64 Å². The maximum Gasteiger partial charge on any atom is 0.223 e. The minimum absolute atomic E-state index is 0.283. The Morgan fingerprint density at radius 3 is 2.42 bits per heavy atom. The highest BCUT2D eigenvalue weighted by Crippen LogP contribution is 2.27. The van der Waals surface area contributed by atoms with E-state index in [1.54, 1.807) is 0 Å². The van der Waals surface area contributed by atoms with Gasteiger partial charge >= 0.3 is 0 Å². The lowest BCUT2D eigenvalue weighted by Crippen LogP contribution is -2.42. The molecule has 1 saturated carbocycles. The van der Waals surface area contributed by atoms with Gasteiger partial charge in [-0.1, -0.05) is 44.0 Å². The fourth-order valence-electron chi connectivity index (χ4n) is 4.18. The van der Waals surface area contributed by atoms with E-state index in [1.807, 2.05) is 4.90 Å². The Labute approximate surface area is 146 Å². The molecule has 1 heterocycles. The second-order valence-corrected chi connectivity index (χ2v) is 7.58. The van der Waals surface area contributed by atoms with Crippen LogP contribution in [-0.4, -0.2) is 36.1 Å². The Balaban J connectivity index is 1.45. The van der Waals surface area contributed by atoms with Crippen LogP contribution < -0.4 is 0 Å². The van der Waals surface area contributed by atoms with Crippen molar-refractivity contribution in [1.29, 1.82) is 0 Å². The highest BCUT2D eigenvalue weighted by Gasteiger charge is 2.27. The molecule has 3 heteroatoms. The highest BCUT2D eigenvalue weighted by molar-refractivity contribution is 5.77. The number of carbonyl (C=O) groups is 1. The summed E-state index contributed by atoms with van der Waals surface area (Å²) in [6.45, 7) is 6.01. The van der Waals surface area contributed by atoms with Crippen molar-refractivity contribution in [2.75, 3.05) is 13.1 Å². The van der Waals surface area contributed by atoms with Crippen LogP contribution in [0.4, 0.5) is 0 Å². The summed E-state index contributed by atoms with van der Waals surface area (Å²) >= 11 is 0. The van der Waals surface area contributed by atoms with Gasteiger partial charge in [0.2, 0.25) is 5.91 Å². The van der Waals surface area contributed by atoms with Gasteiger partial charge in [0.1, 0.15) is 0 Å².